The SMILES string of the molecule is COc1ccc(OC)c(Nc2cc(F)cc(C#N)c2)c1. The summed E-state index contributed by atoms with van der Waals surface area (Å²) in [4.78, 5) is 0. The van der Waals surface area contributed by atoms with Gasteiger partial charge >= 0.3 is 0 Å². The Bertz CT molecular complexity index is 665. The van der Waals surface area contributed by atoms with Crippen molar-refractivity contribution in [1.82, 2.24) is 0 Å². The summed E-state index contributed by atoms with van der Waals surface area (Å²) in [7, 11) is 3.10. The van der Waals surface area contributed by atoms with Gasteiger partial charge in [0, 0.05) is 11.8 Å². The maximum Gasteiger partial charge on any atom is 0.142 e. The molecule has 0 atom stereocenters. The van der Waals surface area contributed by atoms with E-state index in [1.807, 2.05) is 6.07 Å². The summed E-state index contributed by atoms with van der Waals surface area (Å²) in [5.41, 5.74) is 1.34. The van der Waals surface area contributed by atoms with Crippen LogP contribution in [-0.2, 0) is 0 Å². The molecule has 2 rings (SSSR count). The number of anilines is 2. The van der Waals surface area contributed by atoms with Crippen molar-refractivity contribution in [3.05, 3.63) is 47.8 Å². The summed E-state index contributed by atoms with van der Waals surface area (Å²) < 4.78 is 23.8. The molecule has 0 heterocycles. The molecule has 0 amide bonds. The lowest BCUT2D eigenvalue weighted by molar-refractivity contribution is 0.405. The number of nitriles is 1. The quantitative estimate of drug-likeness (QED) is 0.926. The van der Waals surface area contributed by atoms with Crippen molar-refractivity contribution in [2.75, 3.05) is 19.5 Å². The van der Waals surface area contributed by atoms with Gasteiger partial charge in [-0.3, -0.25) is 0 Å². The average molecular weight is 272 g/mol. The van der Waals surface area contributed by atoms with Gasteiger partial charge in [0.15, 0.2) is 0 Å². The van der Waals surface area contributed by atoms with Crippen molar-refractivity contribution in [2.45, 2.75) is 0 Å². The van der Waals surface area contributed by atoms with Crippen LogP contribution in [0, 0.1) is 17.1 Å². The van der Waals surface area contributed by atoms with Crippen molar-refractivity contribution in [1.29, 1.82) is 5.26 Å². The summed E-state index contributed by atoms with van der Waals surface area (Å²) in [6.45, 7) is 0. The number of hydrogen-bond donors (Lipinski definition) is 1. The lowest BCUT2D eigenvalue weighted by atomic mass is 10.2. The second kappa shape index (κ2) is 5.93. The molecule has 0 saturated carbocycles. The first-order valence-electron chi connectivity index (χ1n) is 5.86. The molecule has 0 bridgehead atoms. The highest BCUT2D eigenvalue weighted by atomic mass is 19.1. The van der Waals surface area contributed by atoms with E-state index in [0.717, 1.165) is 0 Å². The predicted molar refractivity (Wildman–Crippen MR) is 73.9 cm³/mol. The zero-order valence-electron chi connectivity index (χ0n) is 11.1. The number of ether oxygens (including phenoxy) is 2. The van der Waals surface area contributed by atoms with E-state index >= 15 is 0 Å². The molecule has 5 heteroatoms. The molecule has 0 aliphatic carbocycles. The molecule has 0 radical (unpaired) electrons. The fourth-order valence-electron chi connectivity index (χ4n) is 1.79. The maximum absolute atomic E-state index is 13.4. The Balaban J connectivity index is 2.38. The Morgan fingerprint density at radius 2 is 1.90 bits per heavy atom. The van der Waals surface area contributed by atoms with Gasteiger partial charge < -0.3 is 14.8 Å². The van der Waals surface area contributed by atoms with Crippen molar-refractivity contribution in [3.63, 3.8) is 0 Å². The summed E-state index contributed by atoms with van der Waals surface area (Å²) in [6.07, 6.45) is 0. The Morgan fingerprint density at radius 3 is 2.55 bits per heavy atom. The van der Waals surface area contributed by atoms with Gasteiger partial charge in [0.1, 0.15) is 17.3 Å². The van der Waals surface area contributed by atoms with Crippen LogP contribution in [0.1, 0.15) is 5.56 Å². The standard InChI is InChI=1S/C15H13FN2O2/c1-19-13-3-4-15(20-2)14(8-13)18-12-6-10(9-17)5-11(16)7-12/h3-8,18H,1-2H3. The van der Waals surface area contributed by atoms with Crippen LogP contribution in [0.2, 0.25) is 0 Å². The van der Waals surface area contributed by atoms with E-state index in [1.165, 1.54) is 12.1 Å². The Morgan fingerprint density at radius 1 is 1.10 bits per heavy atom. The van der Waals surface area contributed by atoms with Crippen LogP contribution in [0.25, 0.3) is 0 Å². The first-order valence-corrected chi connectivity index (χ1v) is 5.86. The minimum absolute atomic E-state index is 0.245. The Hall–Kier alpha value is -2.74. The normalized spacial score (nSPS) is 9.70. The average Bonchev–Trinajstić information content (AvgIpc) is 2.46. The van der Waals surface area contributed by atoms with Crippen LogP contribution in [0.4, 0.5) is 15.8 Å². The van der Waals surface area contributed by atoms with E-state index in [9.17, 15) is 4.39 Å². The second-order valence-corrected chi connectivity index (χ2v) is 4.03. The third-order valence-corrected chi connectivity index (χ3v) is 2.71. The highest BCUT2D eigenvalue weighted by Gasteiger charge is 2.07. The molecular weight excluding hydrogens is 259 g/mol. The summed E-state index contributed by atoms with van der Waals surface area (Å²) in [5, 5.41) is 11.9. The molecule has 102 valence electrons. The number of nitrogens with zero attached hydrogens (tertiary/aromatic N) is 1. The molecule has 0 aromatic heterocycles. The Kier molecular flexibility index (Phi) is 4.06. The van der Waals surface area contributed by atoms with Crippen molar-refractivity contribution >= 4 is 11.4 Å². The molecule has 2 aromatic rings. The summed E-state index contributed by atoms with van der Waals surface area (Å²) >= 11 is 0. The molecule has 4 nitrogen and oxygen atoms in total. The molecule has 2 aromatic carbocycles. The third kappa shape index (κ3) is 2.98. The van der Waals surface area contributed by atoms with Crippen molar-refractivity contribution in [3.8, 4) is 17.6 Å². The first kappa shape index (κ1) is 13.7. The maximum atomic E-state index is 13.4. The van der Waals surface area contributed by atoms with Crippen LogP contribution >= 0.6 is 0 Å². The van der Waals surface area contributed by atoms with Crippen LogP contribution in [0.15, 0.2) is 36.4 Å². The van der Waals surface area contributed by atoms with Gasteiger partial charge in [-0.2, -0.15) is 5.26 Å². The Labute approximate surface area is 116 Å². The molecule has 20 heavy (non-hydrogen) atoms. The lowest BCUT2D eigenvalue weighted by Gasteiger charge is -2.13. The zero-order valence-corrected chi connectivity index (χ0v) is 11.1. The molecular formula is C15H13FN2O2. The van der Waals surface area contributed by atoms with Crippen LogP contribution in [-0.4, -0.2) is 14.2 Å². The number of hydrogen-bond acceptors (Lipinski definition) is 4. The number of methoxy groups -OCH3 is 2. The van der Waals surface area contributed by atoms with Crippen molar-refractivity contribution < 1.29 is 13.9 Å². The fraction of sp³-hybridized carbons (Fsp3) is 0.133. The van der Waals surface area contributed by atoms with Crippen LogP contribution in [0.3, 0.4) is 0 Å². The smallest absolute Gasteiger partial charge is 0.142 e. The van der Waals surface area contributed by atoms with E-state index in [2.05, 4.69) is 5.32 Å². The lowest BCUT2D eigenvalue weighted by Crippen LogP contribution is -1.96. The number of halogens is 1. The van der Waals surface area contributed by atoms with Gasteiger partial charge in [0.25, 0.3) is 0 Å². The van der Waals surface area contributed by atoms with Gasteiger partial charge in [0.05, 0.1) is 31.5 Å². The van der Waals surface area contributed by atoms with Gasteiger partial charge in [-0.15, -0.1) is 0 Å². The highest BCUT2D eigenvalue weighted by molar-refractivity contribution is 5.69. The monoisotopic (exact) mass is 272 g/mol. The van der Waals surface area contributed by atoms with Gasteiger partial charge in [-0.25, -0.2) is 4.39 Å². The van der Waals surface area contributed by atoms with E-state index < -0.39 is 5.82 Å². The van der Waals surface area contributed by atoms with E-state index in [1.54, 1.807) is 38.5 Å². The van der Waals surface area contributed by atoms with E-state index in [4.69, 9.17) is 14.7 Å². The minimum Gasteiger partial charge on any atom is -0.497 e. The molecule has 0 unspecified atom stereocenters. The molecule has 0 aliphatic rings. The molecule has 1 N–H and O–H groups in total. The van der Waals surface area contributed by atoms with E-state index in [-0.39, 0.29) is 5.56 Å². The fourth-order valence-corrected chi connectivity index (χ4v) is 1.79. The first-order chi connectivity index (χ1) is 9.66. The number of nitrogens with one attached hydrogen (secondary N) is 1. The number of benzene rings is 2. The van der Waals surface area contributed by atoms with Crippen molar-refractivity contribution in [2.24, 2.45) is 0 Å². The number of rotatable bonds is 4. The largest absolute Gasteiger partial charge is 0.497 e. The summed E-state index contributed by atoms with van der Waals surface area (Å²) in [6, 6.07) is 11.2. The highest BCUT2D eigenvalue weighted by Crippen LogP contribution is 2.31. The zero-order chi connectivity index (χ0) is 14.5. The summed E-state index contributed by atoms with van der Waals surface area (Å²) in [5.74, 6) is 0.757. The third-order valence-electron chi connectivity index (χ3n) is 2.71. The van der Waals surface area contributed by atoms with Crippen LogP contribution in [0.5, 0.6) is 11.5 Å². The second-order valence-electron chi connectivity index (χ2n) is 4.03. The molecule has 0 saturated heterocycles. The van der Waals surface area contributed by atoms with Gasteiger partial charge in [-0.1, -0.05) is 0 Å². The molecule has 0 spiro atoms. The van der Waals surface area contributed by atoms with Crippen LogP contribution < -0.4 is 14.8 Å². The van der Waals surface area contributed by atoms with E-state index in [0.29, 0.717) is 22.9 Å². The minimum atomic E-state index is -0.478. The predicted octanol–water partition coefficient (Wildman–Crippen LogP) is 3.46. The topological polar surface area (TPSA) is 54.3 Å². The molecule has 0 fully saturated rings. The molecule has 0 aliphatic heterocycles. The van der Waals surface area contributed by atoms with Gasteiger partial charge in [-0.05, 0) is 30.3 Å². The van der Waals surface area contributed by atoms with Gasteiger partial charge in [0.2, 0.25) is 0 Å².